The second kappa shape index (κ2) is 6.11. The van der Waals surface area contributed by atoms with Crippen LogP contribution < -0.4 is 10.2 Å². The predicted octanol–water partition coefficient (Wildman–Crippen LogP) is 3.71. The average Bonchev–Trinajstić information content (AvgIpc) is 2.39. The largest absolute Gasteiger partial charge is 0.363 e. The number of carbonyl (C=O) groups excluding carboxylic acids is 1. The van der Waals surface area contributed by atoms with E-state index < -0.39 is 0 Å². The monoisotopic (exact) mass is 309 g/mol. The predicted molar refractivity (Wildman–Crippen MR) is 83.0 cm³/mol. The fraction of sp³-hybridized carbons (Fsp3) is 0.143. The molecule has 0 saturated heterocycles. The van der Waals surface area contributed by atoms with Crippen molar-refractivity contribution < 1.29 is 4.79 Å². The van der Waals surface area contributed by atoms with E-state index in [0.29, 0.717) is 21.3 Å². The number of aromatic nitrogens is 1. The van der Waals surface area contributed by atoms with Gasteiger partial charge in [-0.2, -0.15) is 0 Å². The van der Waals surface area contributed by atoms with Crippen LogP contribution in [-0.2, 0) is 0 Å². The fourth-order valence-corrected chi connectivity index (χ4v) is 2.09. The van der Waals surface area contributed by atoms with Gasteiger partial charge in [-0.3, -0.25) is 4.79 Å². The van der Waals surface area contributed by atoms with Gasteiger partial charge in [0, 0.05) is 19.1 Å². The Morgan fingerprint density at radius 2 is 1.95 bits per heavy atom. The summed E-state index contributed by atoms with van der Waals surface area (Å²) in [6, 6.07) is 8.34. The maximum Gasteiger partial charge on any atom is 0.257 e. The zero-order valence-electron chi connectivity index (χ0n) is 11.0. The van der Waals surface area contributed by atoms with E-state index in [1.165, 1.54) is 6.07 Å². The van der Waals surface area contributed by atoms with E-state index in [-0.39, 0.29) is 5.91 Å². The van der Waals surface area contributed by atoms with Crippen molar-refractivity contribution in [1.29, 1.82) is 0 Å². The van der Waals surface area contributed by atoms with Crippen LogP contribution in [0.4, 0.5) is 11.5 Å². The molecule has 1 amide bonds. The molecule has 0 fully saturated rings. The summed E-state index contributed by atoms with van der Waals surface area (Å²) < 4.78 is 0. The van der Waals surface area contributed by atoms with Crippen molar-refractivity contribution in [2.75, 3.05) is 24.3 Å². The van der Waals surface area contributed by atoms with Crippen molar-refractivity contribution in [2.45, 2.75) is 0 Å². The minimum Gasteiger partial charge on any atom is -0.363 e. The molecule has 1 heterocycles. The molecule has 0 aliphatic carbocycles. The summed E-state index contributed by atoms with van der Waals surface area (Å²) >= 11 is 11.8. The van der Waals surface area contributed by atoms with Crippen molar-refractivity contribution in [3.05, 3.63) is 52.1 Å². The van der Waals surface area contributed by atoms with Crippen LogP contribution in [0, 0.1) is 0 Å². The Morgan fingerprint density at radius 3 is 2.50 bits per heavy atom. The summed E-state index contributed by atoms with van der Waals surface area (Å²) in [6.07, 6.45) is 1.59. The van der Waals surface area contributed by atoms with Crippen LogP contribution in [0.25, 0.3) is 0 Å². The summed E-state index contributed by atoms with van der Waals surface area (Å²) in [4.78, 5) is 18.2. The standard InChI is InChI=1S/C14H13Cl2N3O/c1-19(2)13-6-4-10(8-17-13)18-14(20)11-5-3-9(15)7-12(11)16/h3-8H,1-2H3,(H,18,20). The third kappa shape index (κ3) is 3.40. The van der Waals surface area contributed by atoms with Crippen molar-refractivity contribution in [3.63, 3.8) is 0 Å². The molecule has 1 N–H and O–H groups in total. The maximum absolute atomic E-state index is 12.1. The first kappa shape index (κ1) is 14.6. The van der Waals surface area contributed by atoms with Crippen molar-refractivity contribution in [2.24, 2.45) is 0 Å². The highest BCUT2D eigenvalue weighted by Gasteiger charge is 2.11. The number of nitrogens with zero attached hydrogens (tertiary/aromatic N) is 2. The zero-order valence-corrected chi connectivity index (χ0v) is 12.5. The molecule has 1 aromatic carbocycles. The number of carbonyl (C=O) groups is 1. The molecule has 20 heavy (non-hydrogen) atoms. The number of hydrogen-bond acceptors (Lipinski definition) is 3. The molecule has 0 aliphatic heterocycles. The van der Waals surface area contributed by atoms with Gasteiger partial charge in [0.25, 0.3) is 5.91 Å². The van der Waals surface area contributed by atoms with Crippen LogP contribution in [0.1, 0.15) is 10.4 Å². The number of halogens is 2. The summed E-state index contributed by atoms with van der Waals surface area (Å²) in [6.45, 7) is 0. The van der Waals surface area contributed by atoms with E-state index in [4.69, 9.17) is 23.2 Å². The third-order valence-electron chi connectivity index (χ3n) is 2.64. The summed E-state index contributed by atoms with van der Waals surface area (Å²) in [5, 5.41) is 3.54. The second-order valence-electron chi connectivity index (χ2n) is 4.38. The highest BCUT2D eigenvalue weighted by atomic mass is 35.5. The van der Waals surface area contributed by atoms with Crippen molar-refractivity contribution >= 4 is 40.6 Å². The molecule has 1 aromatic heterocycles. The van der Waals surface area contributed by atoms with Gasteiger partial charge in [-0.25, -0.2) is 4.98 Å². The molecular weight excluding hydrogens is 297 g/mol. The van der Waals surface area contributed by atoms with Gasteiger partial charge in [-0.05, 0) is 30.3 Å². The van der Waals surface area contributed by atoms with Gasteiger partial charge in [0.2, 0.25) is 0 Å². The van der Waals surface area contributed by atoms with Crippen LogP contribution >= 0.6 is 23.2 Å². The Kier molecular flexibility index (Phi) is 4.47. The summed E-state index contributed by atoms with van der Waals surface area (Å²) in [5.74, 6) is 0.513. The van der Waals surface area contributed by atoms with E-state index >= 15 is 0 Å². The lowest BCUT2D eigenvalue weighted by atomic mass is 10.2. The lowest BCUT2D eigenvalue weighted by molar-refractivity contribution is 0.102. The number of benzene rings is 1. The first-order valence-electron chi connectivity index (χ1n) is 5.87. The number of rotatable bonds is 3. The smallest absolute Gasteiger partial charge is 0.257 e. The van der Waals surface area contributed by atoms with E-state index in [0.717, 1.165) is 5.82 Å². The van der Waals surface area contributed by atoms with E-state index in [1.54, 1.807) is 24.4 Å². The molecule has 0 radical (unpaired) electrons. The van der Waals surface area contributed by atoms with Gasteiger partial charge in [0.15, 0.2) is 0 Å². The first-order chi connectivity index (χ1) is 9.47. The highest BCUT2D eigenvalue weighted by molar-refractivity contribution is 6.37. The SMILES string of the molecule is CN(C)c1ccc(NC(=O)c2ccc(Cl)cc2Cl)cn1. The molecule has 0 saturated carbocycles. The normalized spacial score (nSPS) is 10.2. The molecule has 104 valence electrons. The van der Waals surface area contributed by atoms with E-state index in [2.05, 4.69) is 10.3 Å². The quantitative estimate of drug-likeness (QED) is 0.940. The van der Waals surface area contributed by atoms with Crippen molar-refractivity contribution in [1.82, 2.24) is 4.98 Å². The van der Waals surface area contributed by atoms with Crippen LogP contribution in [-0.4, -0.2) is 25.0 Å². The Morgan fingerprint density at radius 1 is 1.20 bits per heavy atom. The topological polar surface area (TPSA) is 45.2 Å². The fourth-order valence-electron chi connectivity index (χ4n) is 1.60. The molecule has 0 atom stereocenters. The molecule has 6 heteroatoms. The summed E-state index contributed by atoms with van der Waals surface area (Å²) in [7, 11) is 3.79. The van der Waals surface area contributed by atoms with E-state index in [1.807, 2.05) is 25.1 Å². The molecule has 0 unspecified atom stereocenters. The Labute approximate surface area is 127 Å². The highest BCUT2D eigenvalue weighted by Crippen LogP contribution is 2.22. The van der Waals surface area contributed by atoms with Crippen LogP contribution in [0.2, 0.25) is 10.0 Å². The van der Waals surface area contributed by atoms with E-state index in [9.17, 15) is 4.79 Å². The van der Waals surface area contributed by atoms with Gasteiger partial charge in [-0.1, -0.05) is 23.2 Å². The third-order valence-corrected chi connectivity index (χ3v) is 3.19. The van der Waals surface area contributed by atoms with Gasteiger partial charge in [0.1, 0.15) is 5.82 Å². The van der Waals surface area contributed by atoms with Gasteiger partial charge >= 0.3 is 0 Å². The lowest BCUT2D eigenvalue weighted by Gasteiger charge is -2.12. The Balaban J connectivity index is 2.15. The van der Waals surface area contributed by atoms with Crippen LogP contribution in [0.15, 0.2) is 36.5 Å². The minimum absolute atomic E-state index is 0.300. The first-order valence-corrected chi connectivity index (χ1v) is 6.63. The molecule has 0 aliphatic rings. The lowest BCUT2D eigenvalue weighted by Crippen LogP contribution is -2.14. The van der Waals surface area contributed by atoms with Gasteiger partial charge < -0.3 is 10.2 Å². The Bertz CT molecular complexity index is 627. The van der Waals surface area contributed by atoms with Crippen molar-refractivity contribution in [3.8, 4) is 0 Å². The number of nitrogens with one attached hydrogen (secondary N) is 1. The van der Waals surface area contributed by atoms with Crippen LogP contribution in [0.5, 0.6) is 0 Å². The number of pyridine rings is 1. The number of amides is 1. The molecule has 0 bridgehead atoms. The summed E-state index contributed by atoms with van der Waals surface area (Å²) in [5.41, 5.74) is 0.972. The Hall–Kier alpha value is -1.78. The molecule has 2 aromatic rings. The molecule has 2 rings (SSSR count). The molecule has 4 nitrogen and oxygen atoms in total. The van der Waals surface area contributed by atoms with Gasteiger partial charge in [-0.15, -0.1) is 0 Å². The van der Waals surface area contributed by atoms with Crippen LogP contribution in [0.3, 0.4) is 0 Å². The van der Waals surface area contributed by atoms with Gasteiger partial charge in [0.05, 0.1) is 22.5 Å². The zero-order chi connectivity index (χ0) is 14.7. The minimum atomic E-state index is -0.300. The molecule has 0 spiro atoms. The average molecular weight is 310 g/mol. The number of anilines is 2. The number of hydrogen-bond donors (Lipinski definition) is 1. The maximum atomic E-state index is 12.1. The molecular formula is C14H13Cl2N3O. The second-order valence-corrected chi connectivity index (χ2v) is 5.22.